The maximum Gasteiger partial charge on any atom is 0.255 e. The Morgan fingerprint density at radius 3 is 2.89 bits per heavy atom. The number of nitrogens with one attached hydrogen (secondary N) is 3. The SMILES string of the molecule is COc1c(F)cccc1Nc1c(-c2ccnc3cnc([C@@H](C)OC)nc23)[nH]c2c1C(=O)N[C@H]1C[C@@H]21. The van der Waals surface area contributed by atoms with Crippen LogP contribution in [-0.2, 0) is 4.74 Å². The number of pyridine rings is 1. The number of hydrogen-bond donors (Lipinski definition) is 3. The summed E-state index contributed by atoms with van der Waals surface area (Å²) in [5.74, 6) is 0.105. The van der Waals surface area contributed by atoms with E-state index in [0.717, 1.165) is 17.7 Å². The standard InChI is InChI=1S/C25H23FN6O3/c1-11(34-2)24-28-10-17-19(32-24)12(7-8-27-17)21-22(29-15-6-4-5-14(26)23(15)35-3)18-20(31-21)13-9-16(13)30-25(18)33/h4-8,10-11,13,16,29,31H,9H2,1-3H3,(H,30,33)/t11-,13-,16+/m1/s1. The van der Waals surface area contributed by atoms with Crippen LogP contribution < -0.4 is 15.4 Å². The maximum absolute atomic E-state index is 14.5. The number of H-pyrrole nitrogens is 1. The Morgan fingerprint density at radius 1 is 1.23 bits per heavy atom. The molecule has 0 unspecified atom stereocenters. The molecule has 1 aliphatic heterocycles. The lowest BCUT2D eigenvalue weighted by Crippen LogP contribution is -2.31. The summed E-state index contributed by atoms with van der Waals surface area (Å²) in [5.41, 5.74) is 4.91. The van der Waals surface area contributed by atoms with Crippen LogP contribution in [0, 0.1) is 5.82 Å². The minimum absolute atomic E-state index is 0.0621. The van der Waals surface area contributed by atoms with E-state index in [0.29, 0.717) is 39.5 Å². The van der Waals surface area contributed by atoms with Gasteiger partial charge in [-0.05, 0) is 31.5 Å². The molecule has 1 aromatic carbocycles. The number of anilines is 2. The van der Waals surface area contributed by atoms with Crippen molar-refractivity contribution in [3.8, 4) is 17.0 Å². The highest BCUT2D eigenvalue weighted by atomic mass is 19.1. The normalized spacial score (nSPS) is 19.0. The Morgan fingerprint density at radius 2 is 2.09 bits per heavy atom. The van der Waals surface area contributed by atoms with Crippen LogP contribution in [0.5, 0.6) is 5.75 Å². The van der Waals surface area contributed by atoms with E-state index in [1.165, 1.54) is 13.2 Å². The van der Waals surface area contributed by atoms with Gasteiger partial charge in [0.25, 0.3) is 5.91 Å². The molecule has 2 aliphatic rings. The molecule has 9 nitrogen and oxygen atoms in total. The highest BCUT2D eigenvalue weighted by Crippen LogP contribution is 2.50. The van der Waals surface area contributed by atoms with Gasteiger partial charge in [0.15, 0.2) is 17.4 Å². The van der Waals surface area contributed by atoms with Crippen molar-refractivity contribution >= 4 is 28.3 Å². The molecule has 10 heteroatoms. The van der Waals surface area contributed by atoms with Crippen molar-refractivity contribution < 1.29 is 18.7 Å². The van der Waals surface area contributed by atoms with Crippen molar-refractivity contribution in [2.75, 3.05) is 19.5 Å². The van der Waals surface area contributed by atoms with Crippen LogP contribution in [-0.4, -0.2) is 46.1 Å². The summed E-state index contributed by atoms with van der Waals surface area (Å²) in [6.07, 6.45) is 3.89. The fraction of sp³-hybridized carbons (Fsp3) is 0.280. The summed E-state index contributed by atoms with van der Waals surface area (Å²) in [6, 6.07) is 6.58. The third kappa shape index (κ3) is 3.40. The van der Waals surface area contributed by atoms with Crippen molar-refractivity contribution in [1.82, 2.24) is 25.3 Å². The first-order chi connectivity index (χ1) is 17.0. The molecule has 0 bridgehead atoms. The number of para-hydroxylation sites is 1. The number of carbonyl (C=O) groups is 1. The lowest BCUT2D eigenvalue weighted by molar-refractivity contribution is 0.0944. The number of halogens is 1. The van der Waals surface area contributed by atoms with Crippen molar-refractivity contribution in [2.24, 2.45) is 0 Å². The number of ether oxygens (including phenoxy) is 2. The van der Waals surface area contributed by atoms with Gasteiger partial charge in [0.2, 0.25) is 0 Å². The van der Waals surface area contributed by atoms with Gasteiger partial charge in [-0.25, -0.2) is 14.4 Å². The number of benzene rings is 1. The first-order valence-electron chi connectivity index (χ1n) is 11.3. The summed E-state index contributed by atoms with van der Waals surface area (Å²) in [4.78, 5) is 30.1. The van der Waals surface area contributed by atoms with Gasteiger partial charge in [-0.15, -0.1) is 0 Å². The van der Waals surface area contributed by atoms with E-state index in [2.05, 4.69) is 25.6 Å². The predicted octanol–water partition coefficient (Wildman–Crippen LogP) is 4.22. The van der Waals surface area contributed by atoms with Gasteiger partial charge in [-0.2, -0.15) is 0 Å². The molecule has 4 aromatic rings. The van der Waals surface area contributed by atoms with E-state index in [-0.39, 0.29) is 29.7 Å². The Bertz CT molecular complexity index is 1490. The lowest BCUT2D eigenvalue weighted by Gasteiger charge is -2.17. The highest BCUT2D eigenvalue weighted by Gasteiger charge is 2.48. The minimum Gasteiger partial charge on any atom is -0.492 e. The molecule has 35 heavy (non-hydrogen) atoms. The van der Waals surface area contributed by atoms with E-state index in [1.54, 1.807) is 31.6 Å². The smallest absolute Gasteiger partial charge is 0.255 e. The zero-order valence-corrected chi connectivity index (χ0v) is 19.3. The van der Waals surface area contributed by atoms with E-state index in [4.69, 9.17) is 14.5 Å². The number of carbonyl (C=O) groups excluding carboxylic acids is 1. The van der Waals surface area contributed by atoms with Crippen molar-refractivity contribution in [1.29, 1.82) is 0 Å². The molecule has 1 amide bonds. The highest BCUT2D eigenvalue weighted by molar-refractivity contribution is 6.09. The van der Waals surface area contributed by atoms with Crippen molar-refractivity contribution in [3.05, 3.63) is 59.6 Å². The first-order valence-corrected chi connectivity index (χ1v) is 11.3. The van der Waals surface area contributed by atoms with Crippen LogP contribution in [0.15, 0.2) is 36.7 Å². The number of aromatic nitrogens is 4. The molecule has 4 heterocycles. The number of amides is 1. The fourth-order valence-electron chi connectivity index (χ4n) is 4.68. The average molecular weight is 474 g/mol. The Hall–Kier alpha value is -4.05. The summed E-state index contributed by atoms with van der Waals surface area (Å²) >= 11 is 0. The molecule has 0 saturated heterocycles. The second-order valence-electron chi connectivity index (χ2n) is 8.73. The number of nitrogens with zero attached hydrogens (tertiary/aromatic N) is 3. The van der Waals surface area contributed by atoms with Gasteiger partial charge in [-0.1, -0.05) is 6.07 Å². The Balaban J connectivity index is 1.59. The molecule has 1 saturated carbocycles. The molecular weight excluding hydrogens is 451 g/mol. The second-order valence-corrected chi connectivity index (χ2v) is 8.73. The van der Waals surface area contributed by atoms with Gasteiger partial charge in [0, 0.05) is 36.5 Å². The molecule has 3 atom stereocenters. The zero-order valence-electron chi connectivity index (χ0n) is 19.3. The first kappa shape index (κ1) is 21.5. The molecule has 178 valence electrons. The number of fused-ring (bicyclic) bond motifs is 4. The summed E-state index contributed by atoms with van der Waals surface area (Å²) in [7, 11) is 3.00. The van der Waals surface area contributed by atoms with Crippen LogP contribution in [0.3, 0.4) is 0 Å². The second kappa shape index (κ2) is 8.02. The molecule has 3 aromatic heterocycles. The van der Waals surface area contributed by atoms with Crippen LogP contribution in [0.1, 0.15) is 47.2 Å². The molecule has 1 fully saturated rings. The Kier molecular flexibility index (Phi) is 4.92. The Labute approximate surface area is 200 Å². The van der Waals surface area contributed by atoms with Gasteiger partial charge < -0.3 is 25.1 Å². The molecule has 0 spiro atoms. The minimum atomic E-state index is -0.504. The number of methoxy groups -OCH3 is 2. The van der Waals surface area contributed by atoms with Crippen molar-refractivity contribution in [3.63, 3.8) is 0 Å². The summed E-state index contributed by atoms with van der Waals surface area (Å²) in [5, 5.41) is 6.33. The van der Waals surface area contributed by atoms with Crippen LogP contribution in [0.25, 0.3) is 22.3 Å². The quantitative estimate of drug-likeness (QED) is 0.383. The van der Waals surface area contributed by atoms with E-state index >= 15 is 0 Å². The third-order valence-corrected chi connectivity index (χ3v) is 6.65. The monoisotopic (exact) mass is 474 g/mol. The van der Waals surface area contributed by atoms with Gasteiger partial charge in [0.1, 0.15) is 17.1 Å². The van der Waals surface area contributed by atoms with Crippen LogP contribution >= 0.6 is 0 Å². The number of rotatable bonds is 6. The summed E-state index contributed by atoms with van der Waals surface area (Å²) < 4.78 is 25.2. The van der Waals surface area contributed by atoms with Gasteiger partial charge >= 0.3 is 0 Å². The number of hydrogen-bond acceptors (Lipinski definition) is 7. The molecule has 1 aliphatic carbocycles. The number of aromatic amines is 1. The van der Waals surface area contributed by atoms with Crippen LogP contribution in [0.2, 0.25) is 0 Å². The van der Waals surface area contributed by atoms with Gasteiger partial charge in [0.05, 0.1) is 35.9 Å². The summed E-state index contributed by atoms with van der Waals surface area (Å²) in [6.45, 7) is 1.87. The molecule has 6 rings (SSSR count). The molecule has 3 N–H and O–H groups in total. The predicted molar refractivity (Wildman–Crippen MR) is 127 cm³/mol. The molecular formula is C25H23FN6O3. The van der Waals surface area contributed by atoms with Crippen molar-refractivity contribution in [2.45, 2.75) is 31.4 Å². The van der Waals surface area contributed by atoms with E-state index in [9.17, 15) is 9.18 Å². The van der Waals surface area contributed by atoms with Crippen LogP contribution in [0.4, 0.5) is 15.8 Å². The van der Waals surface area contributed by atoms with E-state index < -0.39 is 5.82 Å². The largest absolute Gasteiger partial charge is 0.492 e. The topological polar surface area (TPSA) is 114 Å². The maximum atomic E-state index is 14.5. The average Bonchev–Trinajstić information content (AvgIpc) is 3.55. The molecule has 0 radical (unpaired) electrons. The van der Waals surface area contributed by atoms with Gasteiger partial charge in [-0.3, -0.25) is 9.78 Å². The lowest BCUT2D eigenvalue weighted by atomic mass is 10.0. The zero-order chi connectivity index (χ0) is 24.3. The fourth-order valence-corrected chi connectivity index (χ4v) is 4.68. The van der Waals surface area contributed by atoms with E-state index in [1.807, 2.05) is 13.0 Å². The third-order valence-electron chi connectivity index (χ3n) is 6.65.